The molecule has 0 saturated heterocycles. The van der Waals surface area contributed by atoms with Crippen molar-refractivity contribution >= 4 is 21.9 Å². The number of aliphatic hydroxyl groups is 1. The quantitative estimate of drug-likeness (QED) is 0.621. The lowest BCUT2D eigenvalue weighted by molar-refractivity contribution is 0.0631. The third kappa shape index (κ3) is 2.55. The molecule has 2 heterocycles. The molecule has 0 spiro atoms. The fourth-order valence-corrected chi connectivity index (χ4v) is 3.07. The number of fused-ring (bicyclic) bond motifs is 3. The van der Waals surface area contributed by atoms with Crippen LogP contribution in [0, 0.1) is 0 Å². The van der Waals surface area contributed by atoms with Gasteiger partial charge < -0.3 is 9.67 Å². The van der Waals surface area contributed by atoms with Gasteiger partial charge in [0.2, 0.25) is 0 Å². The van der Waals surface area contributed by atoms with Gasteiger partial charge in [-0.25, -0.2) is 4.98 Å². The van der Waals surface area contributed by atoms with Gasteiger partial charge >= 0.3 is 0 Å². The lowest BCUT2D eigenvalue weighted by Crippen LogP contribution is -2.26. The topological polar surface area (TPSA) is 50.9 Å². The molecule has 0 amide bonds. The Bertz CT molecular complexity index is 1010. The molecule has 0 aliphatic heterocycles. The Morgan fingerprint density at radius 1 is 1.00 bits per heavy atom. The van der Waals surface area contributed by atoms with Gasteiger partial charge in [-0.2, -0.15) is 0 Å². The van der Waals surface area contributed by atoms with Crippen LogP contribution in [0.2, 0.25) is 0 Å². The molecule has 0 aliphatic rings. The first-order valence-electron chi connectivity index (χ1n) is 8.05. The minimum Gasteiger partial charge on any atom is -0.389 e. The SMILES string of the molecule is CC(C)(O)Cn1c(-c2ccccc2)nc2c3ccccc3ncc21. The number of benzene rings is 2. The predicted molar refractivity (Wildman–Crippen MR) is 96.8 cm³/mol. The number of imidazole rings is 1. The summed E-state index contributed by atoms with van der Waals surface area (Å²) in [5.41, 5.74) is 2.97. The van der Waals surface area contributed by atoms with Crippen LogP contribution in [0.1, 0.15) is 13.8 Å². The second-order valence-corrected chi connectivity index (χ2v) is 6.71. The summed E-state index contributed by atoms with van der Waals surface area (Å²) in [6.45, 7) is 4.07. The number of hydrogen-bond acceptors (Lipinski definition) is 3. The molecule has 4 heteroatoms. The largest absolute Gasteiger partial charge is 0.389 e. The fraction of sp³-hybridized carbons (Fsp3) is 0.200. The summed E-state index contributed by atoms with van der Waals surface area (Å²) < 4.78 is 2.06. The van der Waals surface area contributed by atoms with Gasteiger partial charge in [-0.05, 0) is 19.9 Å². The summed E-state index contributed by atoms with van der Waals surface area (Å²) in [6, 6.07) is 18.1. The van der Waals surface area contributed by atoms with Crippen LogP contribution in [0.15, 0.2) is 60.8 Å². The van der Waals surface area contributed by atoms with E-state index in [0.29, 0.717) is 6.54 Å². The summed E-state index contributed by atoms with van der Waals surface area (Å²) in [6.07, 6.45) is 1.85. The molecule has 0 unspecified atom stereocenters. The van der Waals surface area contributed by atoms with Crippen molar-refractivity contribution in [3.8, 4) is 11.4 Å². The molecular formula is C20H19N3O. The maximum atomic E-state index is 10.4. The lowest BCUT2D eigenvalue weighted by Gasteiger charge is -2.20. The van der Waals surface area contributed by atoms with E-state index in [9.17, 15) is 5.11 Å². The average molecular weight is 317 g/mol. The molecule has 0 aliphatic carbocycles. The van der Waals surface area contributed by atoms with E-state index in [2.05, 4.69) is 9.55 Å². The minimum atomic E-state index is -0.844. The summed E-state index contributed by atoms with van der Waals surface area (Å²) in [4.78, 5) is 9.47. The maximum Gasteiger partial charge on any atom is 0.141 e. The fourth-order valence-electron chi connectivity index (χ4n) is 3.07. The van der Waals surface area contributed by atoms with Crippen molar-refractivity contribution in [3.63, 3.8) is 0 Å². The second-order valence-electron chi connectivity index (χ2n) is 6.71. The molecule has 0 radical (unpaired) electrons. The standard InChI is InChI=1S/C20H19N3O/c1-20(2,24)13-23-17-12-21-16-11-7-6-10-15(16)18(17)22-19(23)14-8-4-3-5-9-14/h3-12,24H,13H2,1-2H3. The normalized spacial score (nSPS) is 12.1. The number of pyridine rings is 1. The van der Waals surface area contributed by atoms with Crippen molar-refractivity contribution < 1.29 is 5.11 Å². The van der Waals surface area contributed by atoms with E-state index in [1.54, 1.807) is 0 Å². The molecular weight excluding hydrogens is 298 g/mol. The smallest absolute Gasteiger partial charge is 0.141 e. The van der Waals surface area contributed by atoms with Crippen LogP contribution in [-0.2, 0) is 6.54 Å². The average Bonchev–Trinajstić information content (AvgIpc) is 2.93. The Morgan fingerprint density at radius 2 is 1.71 bits per heavy atom. The van der Waals surface area contributed by atoms with Crippen molar-refractivity contribution in [2.75, 3.05) is 0 Å². The third-order valence-electron chi connectivity index (χ3n) is 4.07. The van der Waals surface area contributed by atoms with Gasteiger partial charge in [-0.1, -0.05) is 48.5 Å². The Morgan fingerprint density at radius 3 is 2.46 bits per heavy atom. The highest BCUT2D eigenvalue weighted by Gasteiger charge is 2.21. The van der Waals surface area contributed by atoms with Crippen LogP contribution in [0.25, 0.3) is 33.3 Å². The highest BCUT2D eigenvalue weighted by molar-refractivity contribution is 6.03. The van der Waals surface area contributed by atoms with Gasteiger partial charge in [-0.3, -0.25) is 4.98 Å². The van der Waals surface area contributed by atoms with E-state index < -0.39 is 5.60 Å². The molecule has 2 aromatic heterocycles. The van der Waals surface area contributed by atoms with Crippen LogP contribution in [0.4, 0.5) is 0 Å². The van der Waals surface area contributed by atoms with Crippen LogP contribution in [-0.4, -0.2) is 25.2 Å². The Kier molecular flexibility index (Phi) is 3.36. The number of rotatable bonds is 3. The van der Waals surface area contributed by atoms with Crippen molar-refractivity contribution in [2.24, 2.45) is 0 Å². The highest BCUT2D eigenvalue weighted by atomic mass is 16.3. The number of hydrogen-bond donors (Lipinski definition) is 1. The second kappa shape index (κ2) is 5.42. The van der Waals surface area contributed by atoms with Gasteiger partial charge in [0.15, 0.2) is 0 Å². The first kappa shape index (κ1) is 14.8. The molecule has 0 fully saturated rings. The van der Waals surface area contributed by atoms with Crippen molar-refractivity contribution in [1.29, 1.82) is 0 Å². The first-order chi connectivity index (χ1) is 11.5. The van der Waals surface area contributed by atoms with Crippen molar-refractivity contribution in [2.45, 2.75) is 26.0 Å². The van der Waals surface area contributed by atoms with Gasteiger partial charge in [0, 0.05) is 10.9 Å². The maximum absolute atomic E-state index is 10.4. The van der Waals surface area contributed by atoms with Gasteiger partial charge in [-0.15, -0.1) is 0 Å². The predicted octanol–water partition coefficient (Wildman–Crippen LogP) is 4.02. The van der Waals surface area contributed by atoms with Crippen molar-refractivity contribution in [3.05, 3.63) is 60.8 Å². The molecule has 0 atom stereocenters. The molecule has 4 rings (SSSR count). The summed E-state index contributed by atoms with van der Waals surface area (Å²) in [5.74, 6) is 0.853. The van der Waals surface area contributed by atoms with E-state index in [1.165, 1.54) is 0 Å². The molecule has 4 aromatic rings. The zero-order valence-electron chi connectivity index (χ0n) is 13.8. The zero-order valence-corrected chi connectivity index (χ0v) is 13.8. The number of para-hydroxylation sites is 1. The van der Waals surface area contributed by atoms with Gasteiger partial charge in [0.05, 0.1) is 29.4 Å². The molecule has 0 saturated carbocycles. The monoisotopic (exact) mass is 317 g/mol. The Labute approximate surface area is 140 Å². The summed E-state index contributed by atoms with van der Waals surface area (Å²) in [5, 5.41) is 11.4. The van der Waals surface area contributed by atoms with Crippen LogP contribution < -0.4 is 0 Å². The molecule has 120 valence electrons. The van der Waals surface area contributed by atoms with E-state index in [1.807, 2.05) is 74.6 Å². The van der Waals surface area contributed by atoms with Crippen LogP contribution >= 0.6 is 0 Å². The Balaban J connectivity index is 2.06. The van der Waals surface area contributed by atoms with E-state index >= 15 is 0 Å². The van der Waals surface area contributed by atoms with E-state index in [0.717, 1.165) is 33.3 Å². The van der Waals surface area contributed by atoms with E-state index in [4.69, 9.17) is 4.98 Å². The molecule has 0 bridgehead atoms. The first-order valence-corrected chi connectivity index (χ1v) is 8.05. The van der Waals surface area contributed by atoms with Crippen molar-refractivity contribution in [1.82, 2.24) is 14.5 Å². The minimum absolute atomic E-state index is 0.452. The van der Waals surface area contributed by atoms with Crippen LogP contribution in [0.3, 0.4) is 0 Å². The molecule has 1 N–H and O–H groups in total. The molecule has 24 heavy (non-hydrogen) atoms. The number of nitrogens with zero attached hydrogens (tertiary/aromatic N) is 3. The summed E-state index contributed by atoms with van der Waals surface area (Å²) in [7, 11) is 0. The van der Waals surface area contributed by atoms with E-state index in [-0.39, 0.29) is 0 Å². The van der Waals surface area contributed by atoms with Gasteiger partial charge in [0.1, 0.15) is 11.3 Å². The number of aromatic nitrogens is 3. The van der Waals surface area contributed by atoms with Crippen LogP contribution in [0.5, 0.6) is 0 Å². The van der Waals surface area contributed by atoms with Gasteiger partial charge in [0.25, 0.3) is 0 Å². The summed E-state index contributed by atoms with van der Waals surface area (Å²) >= 11 is 0. The zero-order chi connectivity index (χ0) is 16.7. The Hall–Kier alpha value is -2.72. The molecule has 4 nitrogen and oxygen atoms in total. The highest BCUT2D eigenvalue weighted by Crippen LogP contribution is 2.30. The lowest BCUT2D eigenvalue weighted by atomic mass is 10.1. The molecule has 2 aromatic carbocycles. The third-order valence-corrected chi connectivity index (χ3v) is 4.07.